The highest BCUT2D eigenvalue weighted by molar-refractivity contribution is 9.10. The average molecular weight is 589 g/mol. The summed E-state index contributed by atoms with van der Waals surface area (Å²) in [7, 11) is 1.93. The first kappa shape index (κ1) is 28.1. The topological polar surface area (TPSA) is 113 Å². The van der Waals surface area contributed by atoms with Crippen molar-refractivity contribution in [2.45, 2.75) is 46.8 Å². The van der Waals surface area contributed by atoms with E-state index < -0.39 is 5.41 Å². The maximum Gasteiger partial charge on any atom is 0.311 e. The van der Waals surface area contributed by atoms with Gasteiger partial charge in [-0.15, -0.1) is 0 Å². The Hall–Kier alpha value is -2.92. The number of rotatable bonds is 9. The minimum atomic E-state index is -0.613. The molecule has 0 spiro atoms. The van der Waals surface area contributed by atoms with Gasteiger partial charge < -0.3 is 24.8 Å². The van der Waals surface area contributed by atoms with Gasteiger partial charge in [-0.05, 0) is 61.7 Å². The number of aryl methyl sites for hydroxylation is 1. The minimum absolute atomic E-state index is 0.0303. The highest BCUT2D eigenvalue weighted by Crippen LogP contribution is 2.40. The second kappa shape index (κ2) is 11.9. The Labute approximate surface area is 232 Å². The Morgan fingerprint density at radius 3 is 2.79 bits per heavy atom. The molecule has 38 heavy (non-hydrogen) atoms. The number of imidazole rings is 1. The van der Waals surface area contributed by atoms with Gasteiger partial charge in [-0.25, -0.2) is 4.98 Å². The van der Waals surface area contributed by atoms with Crippen molar-refractivity contribution in [1.29, 1.82) is 0 Å². The molecule has 206 valence electrons. The number of nitrogens with one attached hydrogen (secondary N) is 3. The predicted molar refractivity (Wildman–Crippen MR) is 153 cm³/mol. The Kier molecular flexibility index (Phi) is 8.77. The van der Waals surface area contributed by atoms with Crippen LogP contribution in [-0.2, 0) is 27.8 Å². The number of anilines is 2. The van der Waals surface area contributed by atoms with E-state index in [9.17, 15) is 9.59 Å². The normalized spacial score (nSPS) is 18.5. The summed E-state index contributed by atoms with van der Waals surface area (Å²) in [6.45, 7) is 9.64. The molecule has 2 aliphatic heterocycles. The summed E-state index contributed by atoms with van der Waals surface area (Å²) in [6, 6.07) is 3.97. The highest BCUT2D eigenvalue weighted by Gasteiger charge is 2.37. The van der Waals surface area contributed by atoms with Crippen molar-refractivity contribution >= 4 is 51.1 Å². The van der Waals surface area contributed by atoms with Crippen LogP contribution in [0, 0.1) is 17.3 Å². The SMILES string of the molecule is CCC(C(=O)N1CCNC1Nc1ccc2c(c1Br)N=CCN2)C(COC(=O)C(C)(C)C)Cc1cncn1C. The number of carbonyl (C=O) groups is 2. The first-order valence-electron chi connectivity index (χ1n) is 13.1. The summed E-state index contributed by atoms with van der Waals surface area (Å²) in [5.74, 6) is -0.761. The summed E-state index contributed by atoms with van der Waals surface area (Å²) in [6.07, 6.45) is 6.22. The first-order chi connectivity index (χ1) is 18.1. The minimum Gasteiger partial charge on any atom is -0.465 e. The van der Waals surface area contributed by atoms with Crippen molar-refractivity contribution in [3.63, 3.8) is 0 Å². The van der Waals surface area contributed by atoms with E-state index >= 15 is 0 Å². The lowest BCUT2D eigenvalue weighted by Crippen LogP contribution is -2.49. The monoisotopic (exact) mass is 587 g/mol. The van der Waals surface area contributed by atoms with Crippen molar-refractivity contribution in [2.75, 3.05) is 36.9 Å². The Morgan fingerprint density at radius 1 is 1.32 bits per heavy atom. The predicted octanol–water partition coefficient (Wildman–Crippen LogP) is 3.91. The molecular weight excluding hydrogens is 550 g/mol. The van der Waals surface area contributed by atoms with Crippen molar-refractivity contribution in [1.82, 2.24) is 19.8 Å². The van der Waals surface area contributed by atoms with Gasteiger partial charge in [0.2, 0.25) is 5.91 Å². The zero-order valence-electron chi connectivity index (χ0n) is 22.8. The molecule has 3 unspecified atom stereocenters. The van der Waals surface area contributed by atoms with Crippen LogP contribution in [0.5, 0.6) is 0 Å². The van der Waals surface area contributed by atoms with E-state index in [1.807, 2.05) is 68.8 Å². The molecule has 1 aromatic carbocycles. The third-order valence-electron chi connectivity index (χ3n) is 7.05. The molecule has 1 fully saturated rings. The van der Waals surface area contributed by atoms with Crippen LogP contribution in [0.4, 0.5) is 17.1 Å². The fraction of sp³-hybridized carbons (Fsp3) is 0.556. The maximum atomic E-state index is 14.0. The van der Waals surface area contributed by atoms with Gasteiger partial charge in [0.25, 0.3) is 0 Å². The number of aliphatic imine (C=N–C) groups is 1. The Balaban J connectivity index is 1.53. The van der Waals surface area contributed by atoms with E-state index in [0.717, 1.165) is 27.2 Å². The molecular formula is C27H38BrN7O3. The first-order valence-corrected chi connectivity index (χ1v) is 13.9. The third-order valence-corrected chi connectivity index (χ3v) is 7.86. The van der Waals surface area contributed by atoms with E-state index in [2.05, 4.69) is 41.9 Å². The number of hydrogen-bond donors (Lipinski definition) is 3. The summed E-state index contributed by atoms with van der Waals surface area (Å²) in [4.78, 5) is 37.2. The largest absolute Gasteiger partial charge is 0.465 e. The van der Waals surface area contributed by atoms with Crippen molar-refractivity contribution in [3.05, 3.63) is 34.8 Å². The molecule has 3 atom stereocenters. The summed E-state index contributed by atoms with van der Waals surface area (Å²) < 4.78 is 8.54. The van der Waals surface area contributed by atoms with Crippen LogP contribution in [0.15, 0.2) is 34.1 Å². The molecule has 10 nitrogen and oxygen atoms in total. The molecule has 3 N–H and O–H groups in total. The van der Waals surface area contributed by atoms with Gasteiger partial charge >= 0.3 is 5.97 Å². The third kappa shape index (κ3) is 6.20. The molecule has 1 amide bonds. The van der Waals surface area contributed by atoms with Crippen molar-refractivity contribution in [3.8, 4) is 0 Å². The van der Waals surface area contributed by atoms with Crippen LogP contribution in [0.1, 0.15) is 39.8 Å². The standard InChI is InChI=1S/C27H38BrN7O3/c1-6-19(17(13-18-14-29-16-34(18)5)15-38-25(37)27(2,3)4)24(36)35-12-11-32-26(35)33-20-7-8-21-23(22(20)28)31-10-9-30-21/h7-8,10,14,16-17,19,26,30,32-33H,6,9,11-13,15H2,1-5H3. The van der Waals surface area contributed by atoms with Gasteiger partial charge in [0, 0.05) is 50.1 Å². The number of amides is 1. The lowest BCUT2D eigenvalue weighted by atomic mass is 9.85. The van der Waals surface area contributed by atoms with E-state index in [1.165, 1.54) is 0 Å². The van der Waals surface area contributed by atoms with Crippen molar-refractivity contribution in [2.24, 2.45) is 29.3 Å². The van der Waals surface area contributed by atoms with Gasteiger partial charge in [0.15, 0.2) is 6.29 Å². The number of hydrogen-bond acceptors (Lipinski definition) is 8. The molecule has 0 radical (unpaired) electrons. The van der Waals surface area contributed by atoms with Gasteiger partial charge in [0.1, 0.15) is 5.69 Å². The number of aromatic nitrogens is 2. The number of benzene rings is 1. The van der Waals surface area contributed by atoms with E-state index in [1.54, 1.807) is 6.33 Å². The lowest BCUT2D eigenvalue weighted by Gasteiger charge is -2.33. The van der Waals surface area contributed by atoms with Crippen molar-refractivity contribution < 1.29 is 14.3 Å². The average Bonchev–Trinajstić information content (AvgIpc) is 3.52. The smallest absolute Gasteiger partial charge is 0.311 e. The molecule has 4 rings (SSSR count). The lowest BCUT2D eigenvalue weighted by molar-refractivity contribution is -0.156. The molecule has 11 heteroatoms. The second-order valence-corrected chi connectivity index (χ2v) is 11.7. The van der Waals surface area contributed by atoms with E-state index in [0.29, 0.717) is 32.5 Å². The van der Waals surface area contributed by atoms with Crippen LogP contribution < -0.4 is 16.0 Å². The molecule has 3 heterocycles. The van der Waals surface area contributed by atoms with Gasteiger partial charge in [-0.3, -0.25) is 19.9 Å². The van der Waals surface area contributed by atoms with Gasteiger partial charge in [0.05, 0.1) is 40.7 Å². The zero-order chi connectivity index (χ0) is 27.4. The fourth-order valence-corrected chi connectivity index (χ4v) is 5.36. The van der Waals surface area contributed by atoms with Crippen LogP contribution in [0.3, 0.4) is 0 Å². The molecule has 1 aromatic heterocycles. The number of fused-ring (bicyclic) bond motifs is 1. The second-order valence-electron chi connectivity index (χ2n) is 10.9. The fourth-order valence-electron chi connectivity index (χ4n) is 4.80. The summed E-state index contributed by atoms with van der Waals surface area (Å²) in [5, 5.41) is 10.2. The van der Waals surface area contributed by atoms with Gasteiger partial charge in [-0.1, -0.05) is 6.92 Å². The molecule has 0 aliphatic carbocycles. The molecule has 2 aromatic rings. The number of halogens is 1. The molecule has 0 saturated carbocycles. The number of nitrogens with zero attached hydrogens (tertiary/aromatic N) is 4. The summed E-state index contributed by atoms with van der Waals surface area (Å²) in [5.41, 5.74) is 3.03. The molecule has 1 saturated heterocycles. The van der Waals surface area contributed by atoms with Crippen LogP contribution in [-0.4, -0.2) is 65.1 Å². The summed E-state index contributed by atoms with van der Waals surface area (Å²) >= 11 is 3.68. The highest BCUT2D eigenvalue weighted by atomic mass is 79.9. The Bertz CT molecular complexity index is 1190. The van der Waals surface area contributed by atoms with E-state index in [4.69, 9.17) is 4.74 Å². The Morgan fingerprint density at radius 2 is 2.11 bits per heavy atom. The van der Waals surface area contributed by atoms with Crippen LogP contribution in [0.25, 0.3) is 0 Å². The van der Waals surface area contributed by atoms with E-state index in [-0.39, 0.29) is 36.6 Å². The maximum absolute atomic E-state index is 14.0. The van der Waals surface area contributed by atoms with Crippen LogP contribution >= 0.6 is 15.9 Å². The number of carbonyl (C=O) groups excluding carboxylic acids is 2. The molecule has 0 bridgehead atoms. The number of ether oxygens (including phenoxy) is 1. The molecule has 2 aliphatic rings. The van der Waals surface area contributed by atoms with Crippen LogP contribution in [0.2, 0.25) is 0 Å². The number of esters is 1. The quantitative estimate of drug-likeness (QED) is 0.381. The zero-order valence-corrected chi connectivity index (χ0v) is 24.3. The van der Waals surface area contributed by atoms with Gasteiger partial charge in [-0.2, -0.15) is 0 Å².